The molecule has 0 bridgehead atoms. The van der Waals surface area contributed by atoms with E-state index in [9.17, 15) is 4.79 Å². The Morgan fingerprint density at radius 1 is 1.07 bits per heavy atom. The lowest BCUT2D eigenvalue weighted by atomic mass is 9.96. The molecule has 1 amide bonds. The van der Waals surface area contributed by atoms with Gasteiger partial charge in [0.25, 0.3) is 0 Å². The van der Waals surface area contributed by atoms with Crippen LogP contribution in [0.15, 0.2) is 54.6 Å². The van der Waals surface area contributed by atoms with Gasteiger partial charge in [-0.15, -0.1) is 11.8 Å². The number of benzene rings is 2. The van der Waals surface area contributed by atoms with E-state index < -0.39 is 0 Å². The van der Waals surface area contributed by atoms with Crippen molar-refractivity contribution in [1.82, 2.24) is 14.5 Å². The molecule has 0 radical (unpaired) electrons. The van der Waals surface area contributed by atoms with E-state index in [0.717, 1.165) is 49.6 Å². The van der Waals surface area contributed by atoms with Crippen LogP contribution >= 0.6 is 11.8 Å². The standard InChI is InChI=1S/C23H27N3OS/c1-18-24-21-9-5-6-10-22(21)26(18)15-19-11-13-25(14-12-19)23(27)17-28-16-20-7-3-2-4-8-20/h2-10,19H,11-17H2,1H3. The van der Waals surface area contributed by atoms with Gasteiger partial charge in [0.1, 0.15) is 5.82 Å². The monoisotopic (exact) mass is 393 g/mol. The maximum Gasteiger partial charge on any atom is 0.232 e. The number of fused-ring (bicyclic) bond motifs is 1. The average Bonchev–Trinajstić information content (AvgIpc) is 3.04. The van der Waals surface area contributed by atoms with E-state index in [4.69, 9.17) is 0 Å². The van der Waals surface area contributed by atoms with E-state index in [0.29, 0.717) is 11.7 Å². The molecule has 0 atom stereocenters. The summed E-state index contributed by atoms with van der Waals surface area (Å²) in [5, 5.41) is 0. The highest BCUT2D eigenvalue weighted by atomic mass is 32.2. The fourth-order valence-electron chi connectivity index (χ4n) is 3.97. The zero-order valence-corrected chi connectivity index (χ0v) is 17.2. The molecule has 1 aliphatic rings. The maximum absolute atomic E-state index is 12.5. The van der Waals surface area contributed by atoms with E-state index in [1.165, 1.54) is 11.1 Å². The number of para-hydroxylation sites is 2. The van der Waals surface area contributed by atoms with Crippen LogP contribution in [0.4, 0.5) is 0 Å². The molecule has 0 N–H and O–H groups in total. The largest absolute Gasteiger partial charge is 0.342 e. The quantitative estimate of drug-likeness (QED) is 0.618. The number of carbonyl (C=O) groups excluding carboxylic acids is 1. The van der Waals surface area contributed by atoms with E-state index in [1.54, 1.807) is 11.8 Å². The second kappa shape index (κ2) is 8.82. The molecule has 2 aromatic carbocycles. The summed E-state index contributed by atoms with van der Waals surface area (Å²) >= 11 is 1.71. The number of nitrogens with zero attached hydrogens (tertiary/aromatic N) is 3. The Morgan fingerprint density at radius 2 is 1.79 bits per heavy atom. The predicted octanol–water partition coefficient (Wildman–Crippen LogP) is 4.52. The van der Waals surface area contributed by atoms with Crippen molar-refractivity contribution in [2.45, 2.75) is 32.1 Å². The van der Waals surface area contributed by atoms with Crippen LogP contribution in [0.1, 0.15) is 24.2 Å². The van der Waals surface area contributed by atoms with Crippen LogP contribution in [-0.4, -0.2) is 39.2 Å². The van der Waals surface area contributed by atoms with Gasteiger partial charge >= 0.3 is 0 Å². The number of rotatable bonds is 6. The predicted molar refractivity (Wildman–Crippen MR) is 116 cm³/mol. The number of amides is 1. The van der Waals surface area contributed by atoms with Gasteiger partial charge in [-0.1, -0.05) is 42.5 Å². The highest BCUT2D eigenvalue weighted by Crippen LogP contribution is 2.24. The second-order valence-corrected chi connectivity index (χ2v) is 8.55. The third-order valence-electron chi connectivity index (χ3n) is 5.59. The number of carbonyl (C=O) groups is 1. The number of likely N-dealkylation sites (tertiary alicyclic amines) is 1. The van der Waals surface area contributed by atoms with E-state index in [1.807, 2.05) is 29.2 Å². The summed E-state index contributed by atoms with van der Waals surface area (Å²) in [6.45, 7) is 4.84. The first-order valence-corrected chi connectivity index (χ1v) is 11.2. The molecule has 1 saturated heterocycles. The zero-order valence-electron chi connectivity index (χ0n) is 16.4. The highest BCUT2D eigenvalue weighted by Gasteiger charge is 2.23. The van der Waals surface area contributed by atoms with Crippen LogP contribution in [0.3, 0.4) is 0 Å². The van der Waals surface area contributed by atoms with Crippen molar-refractivity contribution in [3.63, 3.8) is 0 Å². The molecule has 1 aromatic heterocycles. The molecular weight excluding hydrogens is 366 g/mol. The minimum atomic E-state index is 0.281. The maximum atomic E-state index is 12.5. The summed E-state index contributed by atoms with van der Waals surface area (Å²) in [6.07, 6.45) is 2.14. The van der Waals surface area contributed by atoms with Gasteiger partial charge in [-0.2, -0.15) is 0 Å². The molecule has 0 aliphatic carbocycles. The molecule has 3 aromatic rings. The molecule has 0 spiro atoms. The summed E-state index contributed by atoms with van der Waals surface area (Å²) in [4.78, 5) is 19.3. The number of imidazole rings is 1. The van der Waals surface area contributed by atoms with Crippen molar-refractivity contribution in [2.75, 3.05) is 18.8 Å². The summed E-state index contributed by atoms with van der Waals surface area (Å²) in [7, 11) is 0. The van der Waals surface area contributed by atoms with Gasteiger partial charge < -0.3 is 9.47 Å². The van der Waals surface area contributed by atoms with E-state index in [2.05, 4.69) is 46.8 Å². The van der Waals surface area contributed by atoms with Gasteiger partial charge in [0.2, 0.25) is 5.91 Å². The summed E-state index contributed by atoms with van der Waals surface area (Å²) < 4.78 is 2.34. The first-order valence-electron chi connectivity index (χ1n) is 10.0. The van der Waals surface area contributed by atoms with E-state index in [-0.39, 0.29) is 5.91 Å². The SMILES string of the molecule is Cc1nc2ccccc2n1CC1CCN(C(=O)CSCc2ccccc2)CC1. The third kappa shape index (κ3) is 4.41. The summed E-state index contributed by atoms with van der Waals surface area (Å²) in [5.41, 5.74) is 3.57. The van der Waals surface area contributed by atoms with Crippen LogP contribution in [0.5, 0.6) is 0 Å². The van der Waals surface area contributed by atoms with Gasteiger partial charge in [0, 0.05) is 25.4 Å². The first-order chi connectivity index (χ1) is 13.7. The van der Waals surface area contributed by atoms with Gasteiger partial charge in [0.15, 0.2) is 0 Å². The van der Waals surface area contributed by atoms with Crippen molar-refractivity contribution >= 4 is 28.7 Å². The Morgan fingerprint density at radius 3 is 2.57 bits per heavy atom. The van der Waals surface area contributed by atoms with Crippen molar-refractivity contribution in [1.29, 1.82) is 0 Å². The Bertz CT molecular complexity index is 929. The van der Waals surface area contributed by atoms with E-state index >= 15 is 0 Å². The van der Waals surface area contributed by atoms with Crippen LogP contribution in [0.25, 0.3) is 11.0 Å². The number of aromatic nitrogens is 2. The summed E-state index contributed by atoms with van der Waals surface area (Å²) in [5.74, 6) is 3.44. The molecule has 1 aliphatic heterocycles. The van der Waals surface area contributed by atoms with Crippen LogP contribution in [0, 0.1) is 12.8 Å². The normalized spacial score (nSPS) is 15.2. The lowest BCUT2D eigenvalue weighted by molar-refractivity contribution is -0.129. The highest BCUT2D eigenvalue weighted by molar-refractivity contribution is 7.99. The first kappa shape index (κ1) is 19.1. The molecule has 5 heteroatoms. The molecular formula is C23H27N3OS. The van der Waals surface area contributed by atoms with Crippen molar-refractivity contribution in [3.8, 4) is 0 Å². The molecule has 1 fully saturated rings. The lowest BCUT2D eigenvalue weighted by Gasteiger charge is -2.32. The number of hydrogen-bond acceptors (Lipinski definition) is 3. The second-order valence-electron chi connectivity index (χ2n) is 7.56. The number of thioether (sulfide) groups is 1. The molecule has 2 heterocycles. The van der Waals surface area contributed by atoms with Crippen LogP contribution < -0.4 is 0 Å². The molecule has 4 rings (SSSR count). The summed E-state index contributed by atoms with van der Waals surface area (Å²) in [6, 6.07) is 18.7. The number of aryl methyl sites for hydroxylation is 1. The minimum absolute atomic E-state index is 0.281. The topological polar surface area (TPSA) is 38.1 Å². The average molecular weight is 394 g/mol. The lowest BCUT2D eigenvalue weighted by Crippen LogP contribution is -2.40. The molecule has 0 saturated carbocycles. The van der Waals surface area contributed by atoms with Crippen molar-refractivity contribution < 1.29 is 4.79 Å². The fraction of sp³-hybridized carbons (Fsp3) is 0.391. The smallest absolute Gasteiger partial charge is 0.232 e. The molecule has 146 valence electrons. The third-order valence-corrected chi connectivity index (χ3v) is 6.58. The van der Waals surface area contributed by atoms with Crippen LogP contribution in [-0.2, 0) is 17.1 Å². The fourth-order valence-corrected chi connectivity index (χ4v) is 4.86. The van der Waals surface area contributed by atoms with Crippen molar-refractivity contribution in [2.24, 2.45) is 5.92 Å². The van der Waals surface area contributed by atoms with Gasteiger partial charge in [-0.25, -0.2) is 4.98 Å². The number of piperidine rings is 1. The van der Waals surface area contributed by atoms with Gasteiger partial charge in [-0.05, 0) is 43.4 Å². The number of hydrogen-bond donors (Lipinski definition) is 0. The van der Waals surface area contributed by atoms with Crippen molar-refractivity contribution in [3.05, 3.63) is 66.0 Å². The minimum Gasteiger partial charge on any atom is -0.342 e. The Hall–Kier alpha value is -2.27. The molecule has 4 nitrogen and oxygen atoms in total. The van der Waals surface area contributed by atoms with Gasteiger partial charge in [-0.3, -0.25) is 4.79 Å². The van der Waals surface area contributed by atoms with Crippen LogP contribution in [0.2, 0.25) is 0 Å². The van der Waals surface area contributed by atoms with Gasteiger partial charge in [0.05, 0.1) is 16.8 Å². The zero-order chi connectivity index (χ0) is 19.3. The Labute approximate surface area is 170 Å². The molecule has 0 unspecified atom stereocenters. The Balaban J connectivity index is 1.26. The Kier molecular flexibility index (Phi) is 6.01. The molecule has 28 heavy (non-hydrogen) atoms.